The Kier molecular flexibility index (Phi) is 6.26. The van der Waals surface area contributed by atoms with Crippen LogP contribution in [0.3, 0.4) is 0 Å². The van der Waals surface area contributed by atoms with Gasteiger partial charge >= 0.3 is 0 Å². The van der Waals surface area contributed by atoms with Gasteiger partial charge in [-0.15, -0.1) is 10.2 Å². The van der Waals surface area contributed by atoms with Crippen LogP contribution in [0.2, 0.25) is 5.02 Å². The molecule has 1 amide bonds. The molecule has 1 atom stereocenters. The predicted octanol–water partition coefficient (Wildman–Crippen LogP) is 3.25. The predicted molar refractivity (Wildman–Crippen MR) is 107 cm³/mol. The lowest BCUT2D eigenvalue weighted by Crippen LogP contribution is -2.34. The highest BCUT2D eigenvalue weighted by Gasteiger charge is 2.19. The number of aromatic nitrogens is 4. The van der Waals surface area contributed by atoms with Gasteiger partial charge in [0.2, 0.25) is 5.88 Å². The number of rotatable bonds is 7. The zero-order valence-corrected chi connectivity index (χ0v) is 16.8. The van der Waals surface area contributed by atoms with E-state index in [-0.39, 0.29) is 11.9 Å². The average molecular weight is 400 g/mol. The molecule has 0 saturated heterocycles. The van der Waals surface area contributed by atoms with Crippen molar-refractivity contribution in [2.75, 3.05) is 7.11 Å². The largest absolute Gasteiger partial charge is 0.480 e. The Morgan fingerprint density at radius 2 is 2.11 bits per heavy atom. The van der Waals surface area contributed by atoms with Gasteiger partial charge in [0.25, 0.3) is 5.91 Å². The number of benzene rings is 1. The second-order valence-electron chi connectivity index (χ2n) is 6.41. The quantitative estimate of drug-likeness (QED) is 0.659. The summed E-state index contributed by atoms with van der Waals surface area (Å²) in [6, 6.07) is 11.0. The standard InChI is InChI=1S/C20H22ClN5O2/c1-4-17-16(12-22-26(17)18-8-9-19(28-3)25-24-18)20(27)23-13(2)10-14-6-5-7-15(21)11-14/h5-9,11-13H,4,10H2,1-3H3,(H,23,27)/t13-/m1/s1. The zero-order chi connectivity index (χ0) is 20.1. The Labute approximate surface area is 168 Å². The van der Waals surface area contributed by atoms with Crippen molar-refractivity contribution in [3.05, 3.63) is 64.4 Å². The van der Waals surface area contributed by atoms with Crippen molar-refractivity contribution in [1.82, 2.24) is 25.3 Å². The van der Waals surface area contributed by atoms with E-state index in [4.69, 9.17) is 16.3 Å². The fourth-order valence-corrected chi connectivity index (χ4v) is 3.22. The maximum atomic E-state index is 12.8. The second kappa shape index (κ2) is 8.84. The molecule has 2 heterocycles. The number of carbonyl (C=O) groups excluding carboxylic acids is 1. The van der Waals surface area contributed by atoms with Crippen molar-refractivity contribution in [1.29, 1.82) is 0 Å². The van der Waals surface area contributed by atoms with Gasteiger partial charge in [0, 0.05) is 17.1 Å². The Bertz CT molecular complexity index is 955. The Morgan fingerprint density at radius 3 is 2.75 bits per heavy atom. The molecule has 2 aromatic heterocycles. The number of halogens is 1. The van der Waals surface area contributed by atoms with Crippen molar-refractivity contribution in [2.24, 2.45) is 0 Å². The third-order valence-electron chi connectivity index (χ3n) is 4.31. The lowest BCUT2D eigenvalue weighted by Gasteiger charge is -2.14. The first-order valence-corrected chi connectivity index (χ1v) is 9.40. The van der Waals surface area contributed by atoms with Crippen molar-refractivity contribution in [3.8, 4) is 11.7 Å². The van der Waals surface area contributed by atoms with Crippen molar-refractivity contribution < 1.29 is 9.53 Å². The molecule has 0 unspecified atom stereocenters. The van der Waals surface area contributed by atoms with Gasteiger partial charge in [-0.2, -0.15) is 5.10 Å². The van der Waals surface area contributed by atoms with Gasteiger partial charge in [0.15, 0.2) is 5.82 Å². The van der Waals surface area contributed by atoms with Gasteiger partial charge in [-0.1, -0.05) is 30.7 Å². The highest BCUT2D eigenvalue weighted by Crippen LogP contribution is 2.16. The minimum atomic E-state index is -0.168. The first-order chi connectivity index (χ1) is 13.5. The van der Waals surface area contributed by atoms with Crippen LogP contribution in [0.25, 0.3) is 5.82 Å². The summed E-state index contributed by atoms with van der Waals surface area (Å²) >= 11 is 6.03. The molecule has 3 aromatic rings. The topological polar surface area (TPSA) is 81.9 Å². The van der Waals surface area contributed by atoms with E-state index in [1.165, 1.54) is 7.11 Å². The molecule has 0 aliphatic heterocycles. The summed E-state index contributed by atoms with van der Waals surface area (Å²) in [6.07, 6.45) is 2.87. The summed E-state index contributed by atoms with van der Waals surface area (Å²) in [5.74, 6) is 0.782. The Hall–Kier alpha value is -2.93. The lowest BCUT2D eigenvalue weighted by molar-refractivity contribution is 0.0939. The summed E-state index contributed by atoms with van der Waals surface area (Å²) in [4.78, 5) is 12.8. The molecule has 0 radical (unpaired) electrons. The fraction of sp³-hybridized carbons (Fsp3) is 0.300. The third kappa shape index (κ3) is 4.48. The number of methoxy groups -OCH3 is 1. The number of ether oxygens (including phenoxy) is 1. The number of hydrogen-bond donors (Lipinski definition) is 1. The van der Waals surface area contributed by atoms with Gasteiger partial charge in [0.1, 0.15) is 0 Å². The van der Waals surface area contributed by atoms with Gasteiger partial charge in [-0.25, -0.2) is 4.68 Å². The summed E-state index contributed by atoms with van der Waals surface area (Å²) in [5.41, 5.74) is 2.37. The first-order valence-electron chi connectivity index (χ1n) is 9.02. The molecule has 7 nitrogen and oxygen atoms in total. The molecule has 0 saturated carbocycles. The minimum Gasteiger partial charge on any atom is -0.480 e. The van der Waals surface area contributed by atoms with Crippen molar-refractivity contribution in [2.45, 2.75) is 32.7 Å². The highest BCUT2D eigenvalue weighted by molar-refractivity contribution is 6.30. The van der Waals surface area contributed by atoms with E-state index < -0.39 is 0 Å². The molecule has 28 heavy (non-hydrogen) atoms. The van der Waals surface area contributed by atoms with Crippen LogP contribution in [-0.2, 0) is 12.8 Å². The van der Waals surface area contributed by atoms with Crippen LogP contribution in [0.1, 0.15) is 35.5 Å². The summed E-state index contributed by atoms with van der Waals surface area (Å²) < 4.78 is 6.66. The first kappa shape index (κ1) is 19.8. The van der Waals surface area contributed by atoms with Crippen molar-refractivity contribution in [3.63, 3.8) is 0 Å². The number of nitrogens with one attached hydrogen (secondary N) is 1. The average Bonchev–Trinajstić information content (AvgIpc) is 3.12. The van der Waals surface area contributed by atoms with Crippen LogP contribution in [0, 0.1) is 0 Å². The van der Waals surface area contributed by atoms with Crippen LogP contribution in [0.15, 0.2) is 42.6 Å². The van der Waals surface area contributed by atoms with Crippen LogP contribution in [-0.4, -0.2) is 39.0 Å². The summed E-state index contributed by atoms with van der Waals surface area (Å²) in [6.45, 7) is 3.93. The second-order valence-corrected chi connectivity index (χ2v) is 6.85. The van der Waals surface area contributed by atoms with E-state index in [9.17, 15) is 4.79 Å². The van der Waals surface area contributed by atoms with E-state index in [2.05, 4.69) is 20.6 Å². The molecule has 8 heteroatoms. The third-order valence-corrected chi connectivity index (χ3v) is 4.54. The van der Waals surface area contributed by atoms with E-state index in [0.29, 0.717) is 35.1 Å². The normalized spacial score (nSPS) is 11.9. The van der Waals surface area contributed by atoms with Gasteiger partial charge < -0.3 is 10.1 Å². The molecule has 1 N–H and O–H groups in total. The summed E-state index contributed by atoms with van der Waals surface area (Å²) in [5, 5.41) is 16.1. The van der Waals surface area contributed by atoms with Crippen molar-refractivity contribution >= 4 is 17.5 Å². The maximum Gasteiger partial charge on any atom is 0.254 e. The van der Waals surface area contributed by atoms with Crippen LogP contribution in [0.4, 0.5) is 0 Å². The van der Waals surface area contributed by atoms with Crippen LogP contribution < -0.4 is 10.1 Å². The van der Waals surface area contributed by atoms with E-state index in [1.807, 2.05) is 38.1 Å². The van der Waals surface area contributed by atoms with E-state index in [0.717, 1.165) is 11.3 Å². The monoisotopic (exact) mass is 399 g/mol. The zero-order valence-electron chi connectivity index (χ0n) is 16.0. The molecule has 1 aromatic carbocycles. The van der Waals surface area contributed by atoms with Gasteiger partial charge in [0.05, 0.1) is 24.6 Å². The Balaban J connectivity index is 1.75. The highest BCUT2D eigenvalue weighted by atomic mass is 35.5. The minimum absolute atomic E-state index is 0.0557. The fourth-order valence-electron chi connectivity index (χ4n) is 3.01. The molecule has 0 aliphatic rings. The molecule has 0 aliphatic carbocycles. The smallest absolute Gasteiger partial charge is 0.254 e. The molecule has 0 spiro atoms. The number of amides is 1. The molecule has 0 bridgehead atoms. The molecular formula is C20H22ClN5O2. The number of hydrogen-bond acceptors (Lipinski definition) is 5. The number of nitrogens with zero attached hydrogens (tertiary/aromatic N) is 4. The number of carbonyl (C=O) groups is 1. The summed E-state index contributed by atoms with van der Waals surface area (Å²) in [7, 11) is 1.53. The molecule has 146 valence electrons. The maximum absolute atomic E-state index is 12.8. The molecule has 3 rings (SSSR count). The van der Waals surface area contributed by atoms with Gasteiger partial charge in [-0.3, -0.25) is 4.79 Å². The van der Waals surface area contributed by atoms with Gasteiger partial charge in [-0.05, 0) is 43.5 Å². The van der Waals surface area contributed by atoms with Crippen LogP contribution >= 0.6 is 11.6 Å². The lowest BCUT2D eigenvalue weighted by atomic mass is 10.1. The molecule has 0 fully saturated rings. The Morgan fingerprint density at radius 1 is 1.29 bits per heavy atom. The molecular weight excluding hydrogens is 378 g/mol. The SMILES string of the molecule is CCc1c(C(=O)N[C@H](C)Cc2cccc(Cl)c2)cnn1-c1ccc(OC)nn1. The van der Waals surface area contributed by atoms with Crippen LogP contribution in [0.5, 0.6) is 5.88 Å². The van der Waals surface area contributed by atoms with E-state index in [1.54, 1.807) is 23.0 Å². The van der Waals surface area contributed by atoms with E-state index >= 15 is 0 Å².